The van der Waals surface area contributed by atoms with Gasteiger partial charge in [-0.25, -0.2) is 4.57 Å². The number of nitrogens with zero attached hydrogens (tertiary/aromatic N) is 5. The van der Waals surface area contributed by atoms with Crippen molar-refractivity contribution >= 4 is 31.4 Å². The number of rotatable bonds is 71. The highest BCUT2D eigenvalue weighted by atomic mass is 35.5. The molecule has 2 amide bonds. The molecule has 2 aliphatic rings. The number of hydrogen-bond donors (Lipinski definition) is 6. The zero-order chi connectivity index (χ0) is 85.7. The van der Waals surface area contributed by atoms with Gasteiger partial charge in [-0.3, -0.25) is 33.7 Å². The predicted molar refractivity (Wildman–Crippen MR) is 460 cm³/mol. The zero-order valence-corrected chi connectivity index (χ0v) is 74.7. The lowest BCUT2D eigenvalue weighted by molar-refractivity contribution is -0.265. The molecule has 7 N–H and O–H groups in total. The highest BCUT2D eigenvalue weighted by Gasteiger charge is 2.52. The number of carbonyl (C=O) groups is 2. The Kier molecular flexibility index (Phi) is 86.9. The van der Waals surface area contributed by atoms with Crippen LogP contribution in [-0.4, -0.2) is 169 Å². The standard InChI is InChI=1S/C45H82NO10P.C39H73NO7.C2H3N.ClH2N5.H2O2/c1-8-13-15-17-18-19-20-21-22-23-24-25-26-28-30-32-41(47)46-42-44(51-37-33-39(50-7)31-29-27-16-14-9-2)43(40(38-49-6)55-45(42)52-34-10-3)56-57(48,53-35-11-4)54-36-12-5;1-6-9-11-13-14-15-16-17-18-19-20-21-22-24-26-28-35(41)40-36-38(37(42)34(32-43-4)47-39(36)46-30-8-3)45-31-29-33(44-5)27-25-23-12-10-7-2;1-2-3;1-3-5-6-4-2;1-2/h10-12,19-20,34,39-40,42-45H,4-5,8-9,13-18,21-33,35-38H2,1-3,6-7H3,(H,46,47);8,15-16,30,33-34,36-39,42H,6-7,9-14,17-29,31-32H2,1-5H3,(H,40,41);1H3;(H2,2,3,6);1-2H/b20-19-,34-10-;16-15-,30-8-;;;/t39-,40-,42-,43-,44-,45+;33-,34-,36-,37-,38-,39+;;;/m11.../s1. The zero-order valence-electron chi connectivity index (χ0n) is 73.1. The van der Waals surface area contributed by atoms with E-state index in [4.69, 9.17) is 76.7 Å². The molecule has 0 radical (unpaired) electrons. The van der Waals surface area contributed by atoms with Gasteiger partial charge in [0.25, 0.3) is 0 Å². The van der Waals surface area contributed by atoms with E-state index in [1.165, 1.54) is 193 Å². The van der Waals surface area contributed by atoms with E-state index in [9.17, 15) is 19.3 Å². The minimum Gasteiger partial charge on any atom is -0.471 e. The highest BCUT2D eigenvalue weighted by molar-refractivity contribution is 7.48. The van der Waals surface area contributed by atoms with Gasteiger partial charge in [-0.1, -0.05) is 253 Å². The number of methoxy groups -OCH3 is 4. The molecule has 2 saturated heterocycles. The van der Waals surface area contributed by atoms with E-state index in [0.29, 0.717) is 32.3 Å². The topological polar surface area (TPSA) is 355 Å². The number of ether oxygens (including phenoxy) is 10. The second-order valence-corrected chi connectivity index (χ2v) is 30.5. The molecule has 2 rings (SSSR count). The fourth-order valence-electron chi connectivity index (χ4n) is 13.0. The summed E-state index contributed by atoms with van der Waals surface area (Å²) in [6, 6.07) is 0.252. The molecule has 2 fully saturated rings. The number of allylic oxidation sites excluding steroid dienone is 6. The summed E-state index contributed by atoms with van der Waals surface area (Å²) >= 11 is 4.63. The van der Waals surface area contributed by atoms with E-state index < -0.39 is 69.1 Å². The molecule has 2 aliphatic heterocycles. The van der Waals surface area contributed by atoms with Crippen molar-refractivity contribution in [3.8, 4) is 6.07 Å². The van der Waals surface area contributed by atoms with Gasteiger partial charge in [0.05, 0.1) is 69.0 Å². The number of phosphoric acid groups is 1. The van der Waals surface area contributed by atoms with Gasteiger partial charge >= 0.3 is 7.82 Å². The molecule has 0 bridgehead atoms. The van der Waals surface area contributed by atoms with Crippen molar-refractivity contribution in [2.45, 2.75) is 392 Å². The Bertz CT molecular complexity index is 2450. The number of amides is 2. The molecule has 672 valence electrons. The van der Waals surface area contributed by atoms with Gasteiger partial charge in [0, 0.05) is 61.4 Å². The van der Waals surface area contributed by atoms with Crippen LogP contribution in [0.15, 0.2) is 94.6 Å². The van der Waals surface area contributed by atoms with E-state index in [0.717, 1.165) is 83.5 Å². The molecule has 2 heterocycles. The lowest BCUT2D eigenvalue weighted by Gasteiger charge is -2.46. The van der Waals surface area contributed by atoms with Crippen LogP contribution in [0, 0.1) is 11.3 Å². The van der Waals surface area contributed by atoms with E-state index in [2.05, 4.69) is 114 Å². The normalized spacial score (nSPS) is 20.1. The molecule has 0 aromatic heterocycles. The highest BCUT2D eigenvalue weighted by Crippen LogP contribution is 2.52. The summed E-state index contributed by atoms with van der Waals surface area (Å²) < 4.78 is 93.8. The summed E-state index contributed by atoms with van der Waals surface area (Å²) in [7, 11) is 2.36. The summed E-state index contributed by atoms with van der Waals surface area (Å²) in [5.74, 6) is 4.22. The molecule has 0 saturated carbocycles. The molecule has 29 heteroatoms. The molecular formula is C86H162ClN8O19P. The van der Waals surface area contributed by atoms with Gasteiger partial charge in [0.1, 0.15) is 48.7 Å². The SMILES string of the molecule is C/C=C\O[C@H]1O[C@H](COC)[C@@H](O)[C@H](OCC[C@@H](CCCCCCC)OC)[C@H]1NC(=O)CCCCCCCCC/C=C\CCCCCC.C=CCOP(=O)(OCC=C)O[C@H]1[C@H](OCC[C@@H](CCCCCCC)OC)[C@@H](NC(=O)CCCCCCCCC/C=C\CCCCCC)[C@@H](O/C=C\C)O[C@@H]1COC.CC#N.N/N=N/N=NCl.OO. The fraction of sp³-hybridized carbons (Fsp3) is 0.826. The van der Waals surface area contributed by atoms with Crippen LogP contribution in [0.5, 0.6) is 0 Å². The number of phosphoric ester groups is 1. The Hall–Kier alpha value is -4.57. The maximum absolute atomic E-state index is 14.0. The van der Waals surface area contributed by atoms with Gasteiger partial charge in [0.15, 0.2) is 0 Å². The van der Waals surface area contributed by atoms with Crippen molar-refractivity contribution in [2.75, 3.05) is 68.1 Å². The molecule has 115 heavy (non-hydrogen) atoms. The second kappa shape index (κ2) is 87.3. The average Bonchev–Trinajstić information content (AvgIpc) is 0.766. The van der Waals surface area contributed by atoms with Crippen molar-refractivity contribution in [3.63, 3.8) is 0 Å². The fourth-order valence-corrected chi connectivity index (χ4v) is 14.3. The van der Waals surface area contributed by atoms with Crippen molar-refractivity contribution in [2.24, 2.45) is 26.1 Å². The molecular weight excluding hydrogens is 1520 g/mol. The third kappa shape index (κ3) is 65.0. The largest absolute Gasteiger partial charge is 0.475 e. The van der Waals surface area contributed by atoms with Gasteiger partial charge in [-0.05, 0) is 114 Å². The Morgan fingerprint density at radius 3 is 1.24 bits per heavy atom. The second-order valence-electron chi connectivity index (χ2n) is 28.7. The van der Waals surface area contributed by atoms with Crippen LogP contribution in [0.25, 0.3) is 0 Å². The Balaban J connectivity index is -0.00000196. The maximum Gasteiger partial charge on any atom is 0.475 e. The van der Waals surface area contributed by atoms with Gasteiger partial charge in [0.2, 0.25) is 24.4 Å². The lowest BCUT2D eigenvalue weighted by atomic mass is 9.96. The summed E-state index contributed by atoms with van der Waals surface area (Å²) in [6.07, 6.45) is 59.0. The number of unbranched alkanes of at least 4 members (excludes halogenated alkanes) is 30. The van der Waals surface area contributed by atoms with Crippen LogP contribution in [0.4, 0.5) is 0 Å². The maximum atomic E-state index is 14.0. The van der Waals surface area contributed by atoms with Crippen LogP contribution in [0.2, 0.25) is 0 Å². The van der Waals surface area contributed by atoms with Gasteiger partial charge < -0.3 is 69.0 Å². The quantitative estimate of drug-likeness (QED) is 0.00481. The Morgan fingerprint density at radius 1 is 0.539 bits per heavy atom. The van der Waals surface area contributed by atoms with Gasteiger partial charge in [-0.15, -0.1) is 13.2 Å². The number of halogens is 1. The first-order chi connectivity index (χ1) is 56.2. The van der Waals surface area contributed by atoms with Crippen LogP contribution >= 0.6 is 19.6 Å². The number of aliphatic hydroxyl groups excluding tert-OH is 1. The summed E-state index contributed by atoms with van der Waals surface area (Å²) in [5, 5.41) is 45.1. The molecule has 0 aromatic carbocycles. The number of carbonyl (C=O) groups excluding carboxylic acids is 2. The summed E-state index contributed by atoms with van der Waals surface area (Å²) in [5.41, 5.74) is 0. The summed E-state index contributed by atoms with van der Waals surface area (Å²) in [6.45, 7) is 22.1. The lowest BCUT2D eigenvalue weighted by Crippen LogP contribution is -2.66. The van der Waals surface area contributed by atoms with Gasteiger partial charge in [-0.2, -0.15) is 5.26 Å². The number of aliphatic hydroxyl groups is 1. The number of nitriles is 1. The predicted octanol–water partition coefficient (Wildman–Crippen LogP) is 21.8. The number of nitrogens with one attached hydrogen (secondary N) is 2. The molecule has 0 aliphatic carbocycles. The van der Waals surface area contributed by atoms with E-state index in [-0.39, 0.29) is 57.1 Å². The Labute approximate surface area is 700 Å². The number of hydrogen-bond acceptors (Lipinski definition) is 22. The minimum absolute atomic E-state index is 0.0105. The van der Waals surface area contributed by atoms with Crippen molar-refractivity contribution < 1.29 is 90.7 Å². The first kappa shape index (κ1) is 115. The van der Waals surface area contributed by atoms with Crippen LogP contribution in [-0.2, 0) is 75.1 Å². The van der Waals surface area contributed by atoms with Crippen LogP contribution < -0.4 is 16.5 Å². The first-order valence-electron chi connectivity index (χ1n) is 43.3. The molecule has 0 aromatic rings. The third-order valence-electron chi connectivity index (χ3n) is 19.2. The summed E-state index contributed by atoms with van der Waals surface area (Å²) in [4.78, 5) is 26.7. The van der Waals surface area contributed by atoms with Crippen molar-refractivity contribution in [3.05, 3.63) is 74.3 Å². The van der Waals surface area contributed by atoms with E-state index >= 15 is 0 Å². The smallest absolute Gasteiger partial charge is 0.471 e. The molecule has 0 spiro atoms. The van der Waals surface area contributed by atoms with Crippen molar-refractivity contribution in [1.82, 2.24) is 10.6 Å². The third-order valence-corrected chi connectivity index (χ3v) is 20.7. The van der Waals surface area contributed by atoms with E-state index in [1.807, 2.05) is 13.8 Å². The number of nitrogens with two attached hydrogens (primary N) is 1. The first-order valence-corrected chi connectivity index (χ1v) is 45.1. The monoisotopic (exact) mass is 1680 g/mol. The average molecular weight is 1680 g/mol. The molecule has 27 nitrogen and oxygen atoms in total. The van der Waals surface area contributed by atoms with Crippen LogP contribution in [0.3, 0.4) is 0 Å². The Morgan fingerprint density at radius 2 is 0.887 bits per heavy atom. The van der Waals surface area contributed by atoms with Crippen molar-refractivity contribution in [1.29, 1.82) is 5.26 Å². The molecule has 12 atom stereocenters. The minimum atomic E-state index is -4.20. The molecule has 0 unspecified atom stereocenters. The van der Waals surface area contributed by atoms with E-state index in [1.54, 1.807) is 45.8 Å². The van der Waals surface area contributed by atoms with Crippen LogP contribution in [0.1, 0.15) is 318 Å².